The van der Waals surface area contributed by atoms with Gasteiger partial charge in [0.1, 0.15) is 6.61 Å². The predicted octanol–water partition coefficient (Wildman–Crippen LogP) is 3.67. The highest BCUT2D eigenvalue weighted by molar-refractivity contribution is 5.74. The van der Waals surface area contributed by atoms with Gasteiger partial charge in [-0.15, -0.1) is 0 Å². The second-order valence-corrected chi connectivity index (χ2v) is 7.56. The summed E-state index contributed by atoms with van der Waals surface area (Å²) in [6.07, 6.45) is 3.45. The van der Waals surface area contributed by atoms with Gasteiger partial charge in [0.2, 0.25) is 11.7 Å². The maximum atomic E-state index is 5.82. The van der Waals surface area contributed by atoms with Crippen molar-refractivity contribution < 1.29 is 14.0 Å². The smallest absolute Gasteiger partial charge is 0.227 e. The summed E-state index contributed by atoms with van der Waals surface area (Å²) in [5.41, 5.74) is 2.96. The van der Waals surface area contributed by atoms with Crippen molar-refractivity contribution in [3.8, 4) is 22.9 Å². The van der Waals surface area contributed by atoms with Crippen LogP contribution in [-0.4, -0.2) is 58.9 Å². The second-order valence-electron chi connectivity index (χ2n) is 7.56. The highest BCUT2D eigenvalue weighted by Crippen LogP contribution is 2.31. The first kappa shape index (κ1) is 20.9. The second kappa shape index (κ2) is 9.61. The summed E-state index contributed by atoms with van der Waals surface area (Å²) in [4.78, 5) is 11.0. The fourth-order valence-electron chi connectivity index (χ4n) is 3.33. The van der Waals surface area contributed by atoms with E-state index >= 15 is 0 Å². The van der Waals surface area contributed by atoms with Gasteiger partial charge in [-0.25, -0.2) is 4.98 Å². The number of methoxy groups -OCH3 is 1. The van der Waals surface area contributed by atoms with E-state index < -0.39 is 0 Å². The molecule has 8 nitrogen and oxygen atoms in total. The van der Waals surface area contributed by atoms with Crippen molar-refractivity contribution in [3.63, 3.8) is 0 Å². The number of imidazole rings is 1. The summed E-state index contributed by atoms with van der Waals surface area (Å²) in [6, 6.07) is 13.8. The molecule has 31 heavy (non-hydrogen) atoms. The van der Waals surface area contributed by atoms with Crippen molar-refractivity contribution in [3.05, 3.63) is 54.7 Å². The molecule has 0 aliphatic carbocycles. The van der Waals surface area contributed by atoms with E-state index in [9.17, 15) is 0 Å². The van der Waals surface area contributed by atoms with E-state index in [0.29, 0.717) is 36.2 Å². The molecule has 0 saturated heterocycles. The maximum absolute atomic E-state index is 5.82. The first-order chi connectivity index (χ1) is 15.1. The average Bonchev–Trinajstić information content (AvgIpc) is 3.41. The molecule has 4 aromatic rings. The van der Waals surface area contributed by atoms with Crippen LogP contribution in [0.2, 0.25) is 0 Å². The summed E-state index contributed by atoms with van der Waals surface area (Å²) in [7, 11) is 5.64. The number of hydrogen-bond donors (Lipinski definition) is 0. The van der Waals surface area contributed by atoms with Crippen molar-refractivity contribution in [1.82, 2.24) is 24.6 Å². The molecule has 0 saturated carbocycles. The molecule has 8 heteroatoms. The Kier molecular flexibility index (Phi) is 6.47. The first-order valence-corrected chi connectivity index (χ1v) is 10.3. The highest BCUT2D eigenvalue weighted by Gasteiger charge is 2.13. The SMILES string of the molecule is COc1cc(-c2noc(CCCn3cnc4ccccc43)n2)ccc1OCCN(C)C. The summed E-state index contributed by atoms with van der Waals surface area (Å²) in [6.45, 7) is 2.25. The minimum Gasteiger partial charge on any atom is -0.493 e. The molecule has 0 aliphatic rings. The van der Waals surface area contributed by atoms with Gasteiger partial charge in [0, 0.05) is 25.1 Å². The van der Waals surface area contributed by atoms with Crippen LogP contribution in [0.1, 0.15) is 12.3 Å². The van der Waals surface area contributed by atoms with Crippen LogP contribution in [0.4, 0.5) is 0 Å². The summed E-state index contributed by atoms with van der Waals surface area (Å²) in [5, 5.41) is 4.13. The predicted molar refractivity (Wildman–Crippen MR) is 118 cm³/mol. The fraction of sp³-hybridized carbons (Fsp3) is 0.348. The number of hydrogen-bond acceptors (Lipinski definition) is 7. The van der Waals surface area contributed by atoms with Crippen LogP contribution in [0.25, 0.3) is 22.4 Å². The molecule has 0 radical (unpaired) electrons. The Morgan fingerprint density at radius 1 is 1.10 bits per heavy atom. The van der Waals surface area contributed by atoms with Crippen LogP contribution in [0.3, 0.4) is 0 Å². The average molecular weight is 422 g/mol. The Labute approximate surface area is 181 Å². The number of aromatic nitrogens is 4. The van der Waals surface area contributed by atoms with E-state index in [1.54, 1.807) is 7.11 Å². The Hall–Kier alpha value is -3.39. The van der Waals surface area contributed by atoms with E-state index in [2.05, 4.69) is 30.7 Å². The molecule has 0 amide bonds. The van der Waals surface area contributed by atoms with Crippen molar-refractivity contribution in [2.75, 3.05) is 34.4 Å². The molecule has 0 N–H and O–H groups in total. The van der Waals surface area contributed by atoms with Crippen molar-refractivity contribution in [1.29, 1.82) is 0 Å². The lowest BCUT2D eigenvalue weighted by Crippen LogP contribution is -2.19. The monoisotopic (exact) mass is 421 g/mol. The van der Waals surface area contributed by atoms with Crippen LogP contribution < -0.4 is 9.47 Å². The van der Waals surface area contributed by atoms with Crippen molar-refractivity contribution in [2.45, 2.75) is 19.4 Å². The zero-order valence-electron chi connectivity index (χ0n) is 18.1. The number of ether oxygens (including phenoxy) is 2. The number of nitrogens with zero attached hydrogens (tertiary/aromatic N) is 5. The molecular weight excluding hydrogens is 394 g/mol. The largest absolute Gasteiger partial charge is 0.493 e. The molecule has 0 bridgehead atoms. The quantitative estimate of drug-likeness (QED) is 0.387. The maximum Gasteiger partial charge on any atom is 0.227 e. The van der Waals surface area contributed by atoms with Gasteiger partial charge in [0.15, 0.2) is 11.5 Å². The number of likely N-dealkylation sites (N-methyl/N-ethyl adjacent to an activating group) is 1. The number of aryl methyl sites for hydroxylation is 2. The van der Waals surface area contributed by atoms with Crippen LogP contribution in [-0.2, 0) is 13.0 Å². The summed E-state index contributed by atoms with van der Waals surface area (Å²) in [5.74, 6) is 2.50. The third-order valence-corrected chi connectivity index (χ3v) is 5.00. The normalized spacial score (nSPS) is 11.4. The van der Waals surface area contributed by atoms with Gasteiger partial charge in [-0.05, 0) is 50.8 Å². The van der Waals surface area contributed by atoms with E-state index in [0.717, 1.165) is 36.1 Å². The molecule has 2 heterocycles. The zero-order chi connectivity index (χ0) is 21.6. The van der Waals surface area contributed by atoms with Gasteiger partial charge < -0.3 is 23.5 Å². The molecule has 4 rings (SSSR count). The standard InChI is InChI=1S/C23H27N5O3/c1-27(2)13-14-30-20-11-10-17(15-21(20)29-3)23-25-22(31-26-23)9-6-12-28-16-24-18-7-4-5-8-19(18)28/h4-5,7-8,10-11,15-16H,6,9,12-14H2,1-3H3. The minimum atomic E-state index is 0.543. The molecule has 2 aromatic carbocycles. The van der Waals surface area contributed by atoms with Crippen LogP contribution in [0.15, 0.2) is 53.3 Å². The number of para-hydroxylation sites is 2. The lowest BCUT2D eigenvalue weighted by Gasteiger charge is -2.13. The van der Waals surface area contributed by atoms with Gasteiger partial charge in [-0.1, -0.05) is 17.3 Å². The van der Waals surface area contributed by atoms with Crippen LogP contribution in [0, 0.1) is 0 Å². The molecular formula is C23H27N5O3. The van der Waals surface area contributed by atoms with Gasteiger partial charge in [-0.3, -0.25) is 0 Å². The lowest BCUT2D eigenvalue weighted by molar-refractivity contribution is 0.251. The molecule has 0 fully saturated rings. The first-order valence-electron chi connectivity index (χ1n) is 10.3. The van der Waals surface area contributed by atoms with Crippen molar-refractivity contribution >= 4 is 11.0 Å². The van der Waals surface area contributed by atoms with E-state index in [4.69, 9.17) is 14.0 Å². The van der Waals surface area contributed by atoms with Gasteiger partial charge in [-0.2, -0.15) is 4.98 Å². The molecule has 2 aromatic heterocycles. The van der Waals surface area contributed by atoms with Gasteiger partial charge in [0.25, 0.3) is 0 Å². The lowest BCUT2D eigenvalue weighted by atomic mass is 10.2. The van der Waals surface area contributed by atoms with Gasteiger partial charge in [0.05, 0.1) is 24.5 Å². The van der Waals surface area contributed by atoms with Crippen LogP contribution >= 0.6 is 0 Å². The molecule has 0 atom stereocenters. The summed E-state index contributed by atoms with van der Waals surface area (Å²) < 4.78 is 18.9. The van der Waals surface area contributed by atoms with E-state index in [1.807, 2.05) is 56.8 Å². The molecule has 0 aliphatic heterocycles. The number of benzene rings is 2. The Balaban J connectivity index is 1.37. The highest BCUT2D eigenvalue weighted by atomic mass is 16.5. The van der Waals surface area contributed by atoms with E-state index in [1.165, 1.54) is 0 Å². The molecule has 0 unspecified atom stereocenters. The third kappa shape index (κ3) is 5.03. The van der Waals surface area contributed by atoms with Crippen LogP contribution in [0.5, 0.6) is 11.5 Å². The molecule has 0 spiro atoms. The third-order valence-electron chi connectivity index (χ3n) is 5.00. The molecule has 162 valence electrons. The Morgan fingerprint density at radius 3 is 2.81 bits per heavy atom. The topological polar surface area (TPSA) is 78.4 Å². The zero-order valence-corrected chi connectivity index (χ0v) is 18.1. The summed E-state index contributed by atoms with van der Waals surface area (Å²) >= 11 is 0. The Bertz CT molecular complexity index is 1140. The minimum absolute atomic E-state index is 0.543. The van der Waals surface area contributed by atoms with E-state index in [-0.39, 0.29) is 0 Å². The number of fused-ring (bicyclic) bond motifs is 1. The number of rotatable bonds is 10. The van der Waals surface area contributed by atoms with Crippen molar-refractivity contribution in [2.24, 2.45) is 0 Å². The van der Waals surface area contributed by atoms with Gasteiger partial charge >= 0.3 is 0 Å². The fourth-order valence-corrected chi connectivity index (χ4v) is 3.33. The Morgan fingerprint density at radius 2 is 1.97 bits per heavy atom.